The molecular weight excluding hydrogens is 294 g/mol. The van der Waals surface area contributed by atoms with Crippen molar-refractivity contribution in [2.24, 2.45) is 17.2 Å². The molecule has 0 spiro atoms. The van der Waals surface area contributed by atoms with Gasteiger partial charge in [-0.25, -0.2) is 0 Å². The lowest BCUT2D eigenvalue weighted by atomic mass is 10.3. The third-order valence-electron chi connectivity index (χ3n) is 3.64. The van der Waals surface area contributed by atoms with Gasteiger partial charge in [0.2, 0.25) is 0 Å². The summed E-state index contributed by atoms with van der Waals surface area (Å²) in [4.78, 5) is 4.79. The quantitative estimate of drug-likeness (QED) is 0.172. The minimum absolute atomic E-state index is 0.677. The molecule has 0 aromatic carbocycles. The third-order valence-corrected chi connectivity index (χ3v) is 3.64. The number of ether oxygens (including phenoxy) is 1. The van der Waals surface area contributed by atoms with Gasteiger partial charge in [-0.3, -0.25) is 9.80 Å². The summed E-state index contributed by atoms with van der Waals surface area (Å²) < 4.78 is 5.05. The van der Waals surface area contributed by atoms with Crippen LogP contribution >= 0.6 is 0 Å². The molecule has 0 saturated heterocycles. The predicted octanol–water partition coefficient (Wildman–Crippen LogP) is -2.71. The van der Waals surface area contributed by atoms with Crippen molar-refractivity contribution in [3.63, 3.8) is 0 Å². The first-order valence-electron chi connectivity index (χ1n) is 8.73. The normalized spacial score (nSPS) is 11.7. The fourth-order valence-electron chi connectivity index (χ4n) is 2.32. The lowest BCUT2D eigenvalue weighted by molar-refractivity contribution is 0.191. The summed E-state index contributed by atoms with van der Waals surface area (Å²) in [5.41, 5.74) is 16.8. The summed E-state index contributed by atoms with van der Waals surface area (Å²) in [6, 6.07) is 0. The van der Waals surface area contributed by atoms with Gasteiger partial charge in [0.1, 0.15) is 0 Å². The van der Waals surface area contributed by atoms with Crippen molar-refractivity contribution in [2.75, 3.05) is 98.8 Å². The molecule has 0 heterocycles. The molecule has 0 radical (unpaired) electrons. The Morgan fingerprint density at radius 2 is 1.17 bits per heavy atom. The van der Waals surface area contributed by atoms with Crippen LogP contribution in [0.5, 0.6) is 0 Å². The number of nitrogens with one attached hydrogen (secondary N) is 2. The largest absolute Gasteiger partial charge is 0.383 e. The van der Waals surface area contributed by atoms with Crippen LogP contribution in [0.15, 0.2) is 0 Å². The van der Waals surface area contributed by atoms with E-state index in [1.54, 1.807) is 7.11 Å². The van der Waals surface area contributed by atoms with Crippen LogP contribution < -0.4 is 27.8 Å². The molecule has 0 fully saturated rings. The van der Waals surface area contributed by atoms with Crippen LogP contribution in [0.4, 0.5) is 0 Å². The van der Waals surface area contributed by atoms with E-state index in [0.29, 0.717) is 19.6 Å². The molecule has 140 valence electrons. The molecule has 0 unspecified atom stereocenters. The monoisotopic (exact) mass is 333 g/mol. The highest BCUT2D eigenvalue weighted by Gasteiger charge is 2.08. The Balaban J connectivity index is 4.06. The van der Waals surface area contributed by atoms with E-state index >= 15 is 0 Å². The van der Waals surface area contributed by atoms with Crippen molar-refractivity contribution < 1.29 is 4.74 Å². The zero-order valence-electron chi connectivity index (χ0n) is 14.9. The Morgan fingerprint density at radius 3 is 1.65 bits per heavy atom. The number of nitrogens with zero attached hydrogens (tertiary/aromatic N) is 2. The van der Waals surface area contributed by atoms with Crippen LogP contribution in [0.3, 0.4) is 0 Å². The second-order valence-corrected chi connectivity index (χ2v) is 5.54. The smallest absolute Gasteiger partial charge is 0.0587 e. The molecule has 23 heavy (non-hydrogen) atoms. The zero-order chi connectivity index (χ0) is 17.2. The molecule has 0 saturated carbocycles. The number of hydrogen-bond donors (Lipinski definition) is 5. The van der Waals surface area contributed by atoms with Crippen LogP contribution in [0.1, 0.15) is 0 Å². The van der Waals surface area contributed by atoms with Gasteiger partial charge in [-0.05, 0) is 0 Å². The lowest BCUT2D eigenvalue weighted by Gasteiger charge is -2.27. The second-order valence-electron chi connectivity index (χ2n) is 5.54. The molecule has 8 nitrogen and oxygen atoms in total. The number of nitrogens with two attached hydrogens (primary N) is 3. The van der Waals surface area contributed by atoms with Crippen LogP contribution in [-0.4, -0.2) is 109 Å². The van der Waals surface area contributed by atoms with Crippen molar-refractivity contribution >= 4 is 0 Å². The summed E-state index contributed by atoms with van der Waals surface area (Å²) in [7, 11) is 1.72. The van der Waals surface area contributed by atoms with Crippen molar-refractivity contribution in [3.05, 3.63) is 0 Å². The van der Waals surface area contributed by atoms with E-state index in [1.165, 1.54) is 0 Å². The Bertz CT molecular complexity index is 228. The Labute approximate surface area is 142 Å². The van der Waals surface area contributed by atoms with Gasteiger partial charge in [-0.1, -0.05) is 0 Å². The van der Waals surface area contributed by atoms with E-state index in [4.69, 9.17) is 21.9 Å². The Hall–Kier alpha value is -0.320. The van der Waals surface area contributed by atoms with Crippen molar-refractivity contribution in [2.45, 2.75) is 0 Å². The highest BCUT2D eigenvalue weighted by atomic mass is 16.5. The first kappa shape index (κ1) is 22.7. The van der Waals surface area contributed by atoms with Gasteiger partial charge in [-0.15, -0.1) is 0 Å². The minimum atomic E-state index is 0.677. The molecule has 0 aromatic rings. The maximum atomic E-state index is 5.67. The topological polar surface area (TPSA) is 118 Å². The maximum Gasteiger partial charge on any atom is 0.0587 e. The fourth-order valence-corrected chi connectivity index (χ4v) is 2.32. The molecular formula is C15H39N7O. The van der Waals surface area contributed by atoms with Crippen LogP contribution in [0.25, 0.3) is 0 Å². The van der Waals surface area contributed by atoms with E-state index < -0.39 is 0 Å². The van der Waals surface area contributed by atoms with Crippen molar-refractivity contribution in [3.8, 4) is 0 Å². The van der Waals surface area contributed by atoms with Crippen LogP contribution in [0, 0.1) is 0 Å². The van der Waals surface area contributed by atoms with E-state index in [0.717, 1.165) is 72.1 Å². The highest BCUT2D eigenvalue weighted by Crippen LogP contribution is 1.92. The fraction of sp³-hybridized carbons (Fsp3) is 1.00. The Morgan fingerprint density at radius 1 is 0.652 bits per heavy atom. The molecule has 0 atom stereocenters. The van der Waals surface area contributed by atoms with Crippen molar-refractivity contribution in [1.29, 1.82) is 0 Å². The van der Waals surface area contributed by atoms with Gasteiger partial charge in [0.05, 0.1) is 6.61 Å². The molecule has 0 aliphatic heterocycles. The van der Waals surface area contributed by atoms with E-state index in [1.807, 2.05) is 0 Å². The maximum absolute atomic E-state index is 5.67. The van der Waals surface area contributed by atoms with Crippen molar-refractivity contribution in [1.82, 2.24) is 20.4 Å². The number of methoxy groups -OCH3 is 1. The van der Waals surface area contributed by atoms with Gasteiger partial charge in [-0.2, -0.15) is 0 Å². The van der Waals surface area contributed by atoms with Gasteiger partial charge < -0.3 is 32.6 Å². The SMILES string of the molecule is COCCNCCN(CCNCCN)CCN(CCN)CCN. The molecule has 8 N–H and O–H groups in total. The zero-order valence-corrected chi connectivity index (χ0v) is 14.9. The van der Waals surface area contributed by atoms with E-state index in [9.17, 15) is 0 Å². The van der Waals surface area contributed by atoms with Crippen LogP contribution in [-0.2, 0) is 4.74 Å². The van der Waals surface area contributed by atoms with E-state index in [-0.39, 0.29) is 0 Å². The van der Waals surface area contributed by atoms with Gasteiger partial charge in [0.25, 0.3) is 0 Å². The van der Waals surface area contributed by atoms with Crippen LogP contribution in [0.2, 0.25) is 0 Å². The molecule has 0 rings (SSSR count). The predicted molar refractivity (Wildman–Crippen MR) is 97.7 cm³/mol. The first-order valence-corrected chi connectivity index (χ1v) is 8.73. The van der Waals surface area contributed by atoms with Gasteiger partial charge in [0, 0.05) is 92.2 Å². The summed E-state index contributed by atoms with van der Waals surface area (Å²) in [6.45, 7) is 12.3. The minimum Gasteiger partial charge on any atom is -0.383 e. The molecule has 0 aliphatic carbocycles. The van der Waals surface area contributed by atoms with Gasteiger partial charge >= 0.3 is 0 Å². The lowest BCUT2D eigenvalue weighted by Crippen LogP contribution is -2.44. The average Bonchev–Trinajstić information content (AvgIpc) is 2.55. The summed E-state index contributed by atoms with van der Waals surface area (Å²) in [6.07, 6.45) is 0. The summed E-state index contributed by atoms with van der Waals surface area (Å²) in [5, 5.41) is 6.75. The second kappa shape index (κ2) is 18.0. The highest BCUT2D eigenvalue weighted by molar-refractivity contribution is 4.67. The van der Waals surface area contributed by atoms with Gasteiger partial charge in [0.15, 0.2) is 0 Å². The van der Waals surface area contributed by atoms with E-state index in [2.05, 4.69) is 20.4 Å². The average molecular weight is 334 g/mol. The molecule has 8 heteroatoms. The third kappa shape index (κ3) is 15.0. The Kier molecular flexibility index (Phi) is 17.8. The molecule has 0 bridgehead atoms. The molecule has 0 aromatic heterocycles. The molecule has 0 amide bonds. The standard InChI is InChI=1S/C15H39N7O/c1-23-15-8-20-7-12-22(11-6-19-5-2-16)14-13-21(9-3-17)10-4-18/h19-20H,2-18H2,1H3. The number of hydrogen-bond acceptors (Lipinski definition) is 8. The summed E-state index contributed by atoms with van der Waals surface area (Å²) >= 11 is 0. The molecule has 0 aliphatic rings. The number of rotatable bonds is 18. The summed E-state index contributed by atoms with van der Waals surface area (Å²) in [5.74, 6) is 0. The first-order chi connectivity index (χ1) is 11.3.